The number of halogens is 1. The summed E-state index contributed by atoms with van der Waals surface area (Å²) in [6.45, 7) is 10.3. The van der Waals surface area contributed by atoms with Crippen molar-refractivity contribution in [2.45, 2.75) is 63.5 Å². The molecular formula is C32H53FN4O7Si. The first-order valence-corrected chi connectivity index (χ1v) is 19.8. The van der Waals surface area contributed by atoms with E-state index < -0.39 is 20.3 Å². The molecule has 2 heterocycles. The Balaban J connectivity index is 1.66. The Morgan fingerprint density at radius 2 is 2.00 bits per heavy atom. The van der Waals surface area contributed by atoms with Crippen molar-refractivity contribution in [3.8, 4) is 0 Å². The highest BCUT2D eigenvalue weighted by Crippen LogP contribution is 2.33. The summed E-state index contributed by atoms with van der Waals surface area (Å²) in [5.41, 5.74) is 0.672. The van der Waals surface area contributed by atoms with Crippen LogP contribution in [0.1, 0.15) is 37.4 Å². The predicted octanol–water partition coefficient (Wildman–Crippen LogP) is 4.17. The van der Waals surface area contributed by atoms with Crippen LogP contribution in [-0.4, -0.2) is 104 Å². The van der Waals surface area contributed by atoms with E-state index in [1.54, 1.807) is 18.0 Å². The molecule has 13 heteroatoms. The van der Waals surface area contributed by atoms with Crippen LogP contribution in [0.15, 0.2) is 24.3 Å². The maximum absolute atomic E-state index is 14.2. The number of hydrogen-bond donors (Lipinski definition) is 3. The van der Waals surface area contributed by atoms with Crippen LogP contribution >= 0.6 is 0 Å². The summed E-state index contributed by atoms with van der Waals surface area (Å²) in [4.78, 5) is 39.5. The Morgan fingerprint density at radius 3 is 2.69 bits per heavy atom. The zero-order chi connectivity index (χ0) is 32.8. The minimum Gasteiger partial charge on any atom is -0.453 e. The lowest BCUT2D eigenvalue weighted by molar-refractivity contribution is -0.127. The molecule has 3 amide bonds. The van der Waals surface area contributed by atoms with Gasteiger partial charge in [-0.25, -0.2) is 14.0 Å². The molecule has 3 unspecified atom stereocenters. The van der Waals surface area contributed by atoms with Crippen LogP contribution < -0.4 is 16.0 Å². The van der Waals surface area contributed by atoms with E-state index >= 15 is 0 Å². The van der Waals surface area contributed by atoms with Crippen molar-refractivity contribution in [2.75, 3.05) is 66.8 Å². The van der Waals surface area contributed by atoms with Gasteiger partial charge in [0.2, 0.25) is 5.91 Å². The molecule has 3 rings (SSSR count). The van der Waals surface area contributed by atoms with Crippen molar-refractivity contribution < 1.29 is 37.7 Å². The minimum atomic E-state index is -1.34. The number of likely N-dealkylation sites (N-methyl/N-ethyl adjacent to an activating group) is 1. The average molecular weight is 653 g/mol. The molecule has 0 aliphatic carbocycles. The first-order chi connectivity index (χ1) is 21.4. The second-order valence-electron chi connectivity index (χ2n) is 13.4. The van der Waals surface area contributed by atoms with Crippen molar-refractivity contribution in [2.24, 2.45) is 17.8 Å². The number of carbonyl (C=O) groups excluding carboxylic acids is 3. The van der Waals surface area contributed by atoms with Crippen LogP contribution in [-0.2, 0) is 23.7 Å². The van der Waals surface area contributed by atoms with Crippen molar-refractivity contribution in [3.63, 3.8) is 0 Å². The van der Waals surface area contributed by atoms with Crippen LogP contribution in [0.4, 0.5) is 14.0 Å². The van der Waals surface area contributed by atoms with Gasteiger partial charge in [0.1, 0.15) is 5.82 Å². The molecule has 3 N–H and O–H groups in total. The largest absolute Gasteiger partial charge is 0.453 e. The molecule has 11 nitrogen and oxygen atoms in total. The zero-order valence-corrected chi connectivity index (χ0v) is 28.6. The molecule has 2 saturated heterocycles. The van der Waals surface area contributed by atoms with Crippen LogP contribution in [0.3, 0.4) is 0 Å². The number of amides is 3. The molecule has 2 fully saturated rings. The van der Waals surface area contributed by atoms with Crippen molar-refractivity contribution in [1.82, 2.24) is 20.9 Å². The molecule has 1 aromatic rings. The van der Waals surface area contributed by atoms with Gasteiger partial charge in [-0.1, -0.05) is 31.8 Å². The number of nitrogens with zero attached hydrogens (tertiary/aromatic N) is 1. The van der Waals surface area contributed by atoms with Gasteiger partial charge in [-0.05, 0) is 55.3 Å². The van der Waals surface area contributed by atoms with Crippen molar-refractivity contribution in [1.29, 1.82) is 0 Å². The van der Waals surface area contributed by atoms with Gasteiger partial charge in [0.25, 0.3) is 0 Å². The van der Waals surface area contributed by atoms with Crippen LogP contribution in [0.25, 0.3) is 0 Å². The summed E-state index contributed by atoms with van der Waals surface area (Å²) < 4.78 is 36.2. The Bertz CT molecular complexity index is 1090. The van der Waals surface area contributed by atoms with Gasteiger partial charge >= 0.3 is 12.2 Å². The molecule has 45 heavy (non-hydrogen) atoms. The van der Waals surface area contributed by atoms with E-state index in [0.717, 1.165) is 25.5 Å². The lowest BCUT2D eigenvalue weighted by atomic mass is 9.83. The smallest absolute Gasteiger partial charge is 0.409 e. The summed E-state index contributed by atoms with van der Waals surface area (Å²) in [7, 11) is 1.66. The summed E-state index contributed by atoms with van der Waals surface area (Å²) >= 11 is 0. The number of benzene rings is 1. The highest BCUT2D eigenvalue weighted by atomic mass is 28.3. The maximum atomic E-state index is 14.2. The first kappa shape index (κ1) is 36.7. The van der Waals surface area contributed by atoms with Gasteiger partial charge in [0, 0.05) is 66.5 Å². The standard InChI is InChI=1S/C32H53FN4O7Si/c1-37(32(40)44-14-15-45(3,4)5)21-28(16-23-8-7-12-42-22-23)36-30(38)26-17-25(19-34-20-26)29(24-9-6-10-27(33)18-24)43-13-11-35-31(39)41-2/h6,9-10,18,23,25-26,28-29,34H,7-8,11-17,19-22H2,1-5H3,(H,35,39)(H,36,38)/t23?,25-,26?,28?,29+/m1/s1. The normalized spacial score (nSPS) is 21.7. The van der Waals surface area contributed by atoms with Crippen molar-refractivity contribution >= 4 is 26.2 Å². The fourth-order valence-electron chi connectivity index (χ4n) is 5.86. The van der Waals surface area contributed by atoms with E-state index in [4.69, 9.17) is 14.2 Å². The number of piperidine rings is 1. The number of carbonyl (C=O) groups is 3. The molecule has 1 aromatic carbocycles. The highest BCUT2D eigenvalue weighted by Gasteiger charge is 2.35. The number of nitrogens with one attached hydrogen (secondary N) is 3. The monoisotopic (exact) mass is 652 g/mol. The molecule has 5 atom stereocenters. The SMILES string of the molecule is COC(=O)NCCO[C@@H](c1cccc(F)c1)[C@H]1CNCC(C(=O)NC(CC2CCCOC2)CN(C)C(=O)OCC[Si](C)(C)C)C1. The average Bonchev–Trinajstić information content (AvgIpc) is 3.00. The molecule has 0 saturated carbocycles. The second-order valence-corrected chi connectivity index (χ2v) is 19.1. The van der Waals surface area contributed by atoms with E-state index in [9.17, 15) is 18.8 Å². The topological polar surface area (TPSA) is 127 Å². The Kier molecular flexibility index (Phi) is 15.0. The van der Waals surface area contributed by atoms with Gasteiger partial charge in [-0.3, -0.25) is 4.79 Å². The quantitative estimate of drug-likeness (QED) is 0.190. The first-order valence-electron chi connectivity index (χ1n) is 16.1. The molecule has 0 radical (unpaired) electrons. The molecule has 2 aliphatic heterocycles. The molecule has 0 spiro atoms. The zero-order valence-electron chi connectivity index (χ0n) is 27.6. The van der Waals surface area contributed by atoms with Crippen LogP contribution in [0, 0.1) is 23.6 Å². The molecule has 0 bridgehead atoms. The maximum Gasteiger partial charge on any atom is 0.409 e. The van der Waals surface area contributed by atoms with Crippen LogP contribution in [0.2, 0.25) is 25.7 Å². The number of ether oxygens (including phenoxy) is 4. The van der Waals surface area contributed by atoms with Gasteiger partial charge in [0.15, 0.2) is 0 Å². The number of alkyl carbamates (subject to hydrolysis) is 1. The third-order valence-electron chi connectivity index (χ3n) is 8.32. The summed E-state index contributed by atoms with van der Waals surface area (Å²) in [6.07, 6.45) is 1.78. The third-order valence-corrected chi connectivity index (χ3v) is 10.0. The predicted molar refractivity (Wildman–Crippen MR) is 172 cm³/mol. The number of rotatable bonds is 15. The third kappa shape index (κ3) is 13.3. The molecule has 2 aliphatic rings. The van der Waals surface area contributed by atoms with Gasteiger partial charge in [-0.15, -0.1) is 0 Å². The van der Waals surface area contributed by atoms with Crippen LogP contribution in [0.5, 0.6) is 0 Å². The lowest BCUT2D eigenvalue weighted by Crippen LogP contribution is -2.51. The molecule has 0 aromatic heterocycles. The van der Waals surface area contributed by atoms with E-state index in [1.807, 2.05) is 6.07 Å². The lowest BCUT2D eigenvalue weighted by Gasteiger charge is -2.36. The van der Waals surface area contributed by atoms with Gasteiger partial charge < -0.3 is 39.8 Å². The Labute approximate surface area is 268 Å². The summed E-state index contributed by atoms with van der Waals surface area (Å²) in [5, 5.41) is 9.20. The van der Waals surface area contributed by atoms with E-state index in [0.29, 0.717) is 57.2 Å². The van der Waals surface area contributed by atoms with E-state index in [1.165, 1.54) is 19.2 Å². The second kappa shape index (κ2) is 18.4. The van der Waals surface area contributed by atoms with Gasteiger partial charge in [-0.2, -0.15) is 0 Å². The van der Waals surface area contributed by atoms with Crippen molar-refractivity contribution in [3.05, 3.63) is 35.6 Å². The number of hydrogen-bond acceptors (Lipinski definition) is 8. The Morgan fingerprint density at radius 1 is 1.20 bits per heavy atom. The fraction of sp³-hybridized carbons (Fsp3) is 0.719. The fourth-order valence-corrected chi connectivity index (χ4v) is 6.57. The van der Waals surface area contributed by atoms with E-state index in [-0.39, 0.29) is 48.8 Å². The Hall–Kier alpha value is -2.74. The number of methoxy groups -OCH3 is 1. The minimum absolute atomic E-state index is 0.0974. The van der Waals surface area contributed by atoms with Gasteiger partial charge in [0.05, 0.1) is 32.3 Å². The molecule has 254 valence electrons. The summed E-state index contributed by atoms with van der Waals surface area (Å²) in [6, 6.07) is 6.91. The molecular weight excluding hydrogens is 599 g/mol. The highest BCUT2D eigenvalue weighted by molar-refractivity contribution is 6.76. The van der Waals surface area contributed by atoms with E-state index in [2.05, 4.69) is 40.3 Å². The summed E-state index contributed by atoms with van der Waals surface area (Å²) in [5.74, 6) is -0.648.